The topological polar surface area (TPSA) is 57.6 Å². The van der Waals surface area contributed by atoms with Gasteiger partial charge >= 0.3 is 0 Å². The quantitative estimate of drug-likeness (QED) is 0.865. The predicted octanol–water partition coefficient (Wildman–Crippen LogP) is 1.95. The lowest BCUT2D eigenvalue weighted by molar-refractivity contribution is 0.385. The van der Waals surface area contributed by atoms with Crippen LogP contribution in [0.3, 0.4) is 0 Å². The minimum Gasteiger partial charge on any atom is -0.508 e. The molecule has 1 N–H and O–H groups in total. The zero-order valence-corrected chi connectivity index (χ0v) is 12.4. The molecule has 1 aromatic carbocycles. The number of nitrogens with zero attached hydrogens (tertiary/aromatic N) is 1. The molecule has 0 radical (unpaired) electrons. The van der Waals surface area contributed by atoms with Crippen LogP contribution in [0.4, 0.5) is 0 Å². The molecule has 0 aromatic heterocycles. The summed E-state index contributed by atoms with van der Waals surface area (Å²) in [4.78, 5) is 0. The summed E-state index contributed by atoms with van der Waals surface area (Å²) >= 11 is 5.68. The summed E-state index contributed by atoms with van der Waals surface area (Å²) in [5, 5.41) is 9.48. The Hall–Kier alpha value is -0.780. The van der Waals surface area contributed by atoms with E-state index in [1.54, 1.807) is 12.1 Å². The highest BCUT2D eigenvalue weighted by atomic mass is 35.5. The van der Waals surface area contributed by atoms with E-state index >= 15 is 0 Å². The van der Waals surface area contributed by atoms with Gasteiger partial charge < -0.3 is 5.11 Å². The van der Waals surface area contributed by atoms with Gasteiger partial charge in [0.2, 0.25) is 10.0 Å². The van der Waals surface area contributed by atoms with Crippen LogP contribution in [-0.2, 0) is 23.0 Å². The summed E-state index contributed by atoms with van der Waals surface area (Å²) < 4.78 is 26.0. The Bertz CT molecular complexity index is 559. The monoisotopic (exact) mass is 303 g/mol. The van der Waals surface area contributed by atoms with Crippen LogP contribution < -0.4 is 0 Å². The normalized spacial score (nSPS) is 18.0. The molecular weight excluding hydrogens is 286 g/mol. The van der Waals surface area contributed by atoms with Crippen molar-refractivity contribution < 1.29 is 13.5 Å². The van der Waals surface area contributed by atoms with Gasteiger partial charge in [-0.1, -0.05) is 13.0 Å². The van der Waals surface area contributed by atoms with Gasteiger partial charge in [-0.25, -0.2) is 8.42 Å². The molecular formula is C13H18ClNO3S. The van der Waals surface area contributed by atoms with Crippen molar-refractivity contribution in [3.63, 3.8) is 0 Å². The lowest BCUT2D eigenvalue weighted by Crippen LogP contribution is -2.38. The van der Waals surface area contributed by atoms with Crippen LogP contribution in [0, 0.1) is 5.92 Å². The van der Waals surface area contributed by atoms with Crippen molar-refractivity contribution in [1.29, 1.82) is 0 Å². The van der Waals surface area contributed by atoms with Gasteiger partial charge in [0.05, 0.1) is 5.75 Å². The van der Waals surface area contributed by atoms with Crippen LogP contribution in [0.25, 0.3) is 0 Å². The summed E-state index contributed by atoms with van der Waals surface area (Å²) in [5.41, 5.74) is 1.99. The second kappa shape index (κ2) is 5.69. The number of rotatable bonds is 4. The van der Waals surface area contributed by atoms with Crippen LogP contribution in [0.15, 0.2) is 18.2 Å². The van der Waals surface area contributed by atoms with Gasteiger partial charge in [-0.05, 0) is 35.6 Å². The smallest absolute Gasteiger partial charge is 0.214 e. The van der Waals surface area contributed by atoms with Gasteiger partial charge in [0.25, 0.3) is 0 Å². The fraction of sp³-hybridized carbons (Fsp3) is 0.538. The molecule has 0 bridgehead atoms. The average molecular weight is 304 g/mol. The minimum atomic E-state index is -3.28. The van der Waals surface area contributed by atoms with E-state index in [2.05, 4.69) is 0 Å². The third kappa shape index (κ3) is 3.41. The molecule has 1 aliphatic rings. The van der Waals surface area contributed by atoms with Crippen molar-refractivity contribution in [2.75, 3.05) is 18.2 Å². The molecule has 1 aromatic rings. The molecule has 19 heavy (non-hydrogen) atoms. The van der Waals surface area contributed by atoms with E-state index < -0.39 is 10.0 Å². The molecule has 6 heteroatoms. The molecule has 1 aliphatic heterocycles. The van der Waals surface area contributed by atoms with E-state index in [4.69, 9.17) is 11.6 Å². The molecule has 0 spiro atoms. The number of aromatic hydroxyl groups is 1. The molecule has 1 heterocycles. The van der Waals surface area contributed by atoms with Gasteiger partial charge in [-0.3, -0.25) is 0 Å². The van der Waals surface area contributed by atoms with Crippen molar-refractivity contribution in [3.8, 4) is 5.75 Å². The SMILES string of the molecule is CC(CCl)CS(=O)(=O)N1CCc2ccc(O)cc2C1. The number of halogens is 1. The molecule has 1 atom stereocenters. The van der Waals surface area contributed by atoms with Crippen LogP contribution in [0.5, 0.6) is 5.75 Å². The van der Waals surface area contributed by atoms with Crippen molar-refractivity contribution in [1.82, 2.24) is 4.31 Å². The molecule has 106 valence electrons. The number of phenolic OH excluding ortho intramolecular Hbond substituents is 1. The van der Waals surface area contributed by atoms with E-state index in [1.807, 2.05) is 13.0 Å². The van der Waals surface area contributed by atoms with Crippen LogP contribution in [0.1, 0.15) is 18.1 Å². The summed E-state index contributed by atoms with van der Waals surface area (Å²) in [5.74, 6) is 0.527. The highest BCUT2D eigenvalue weighted by molar-refractivity contribution is 7.89. The van der Waals surface area contributed by atoms with Gasteiger partial charge in [0, 0.05) is 19.0 Å². The number of hydrogen-bond acceptors (Lipinski definition) is 3. The van der Waals surface area contributed by atoms with Crippen LogP contribution in [-0.4, -0.2) is 36.0 Å². The fourth-order valence-electron chi connectivity index (χ4n) is 2.26. The summed E-state index contributed by atoms with van der Waals surface area (Å²) in [6.45, 7) is 2.66. The zero-order chi connectivity index (χ0) is 14.0. The number of phenols is 1. The number of alkyl halides is 1. The van der Waals surface area contributed by atoms with E-state index in [0.29, 0.717) is 25.4 Å². The Kier molecular flexibility index (Phi) is 4.38. The zero-order valence-electron chi connectivity index (χ0n) is 10.8. The summed E-state index contributed by atoms with van der Waals surface area (Å²) in [6, 6.07) is 5.14. The van der Waals surface area contributed by atoms with Crippen LogP contribution >= 0.6 is 11.6 Å². The fourth-order valence-corrected chi connectivity index (χ4v) is 4.26. The average Bonchev–Trinajstić information content (AvgIpc) is 2.37. The maximum Gasteiger partial charge on any atom is 0.214 e. The number of hydrogen-bond donors (Lipinski definition) is 1. The Morgan fingerprint density at radius 3 is 2.84 bits per heavy atom. The van der Waals surface area contributed by atoms with Gasteiger partial charge in [-0.2, -0.15) is 4.31 Å². The number of sulfonamides is 1. The third-order valence-corrected chi connectivity index (χ3v) is 5.93. The highest BCUT2D eigenvalue weighted by Gasteiger charge is 2.28. The van der Waals surface area contributed by atoms with Crippen molar-refractivity contribution >= 4 is 21.6 Å². The van der Waals surface area contributed by atoms with Gasteiger partial charge in [-0.15, -0.1) is 11.6 Å². The lowest BCUT2D eigenvalue weighted by atomic mass is 10.0. The molecule has 0 amide bonds. The first-order valence-corrected chi connectivity index (χ1v) is 8.41. The van der Waals surface area contributed by atoms with E-state index in [-0.39, 0.29) is 17.4 Å². The molecule has 0 saturated carbocycles. The van der Waals surface area contributed by atoms with Crippen molar-refractivity contribution in [2.24, 2.45) is 5.92 Å². The second-order valence-corrected chi connectivity index (χ2v) is 7.40. The molecule has 0 fully saturated rings. The van der Waals surface area contributed by atoms with Crippen molar-refractivity contribution in [2.45, 2.75) is 19.9 Å². The first-order valence-electron chi connectivity index (χ1n) is 6.27. The summed E-state index contributed by atoms with van der Waals surface area (Å²) in [7, 11) is -3.28. The number of fused-ring (bicyclic) bond motifs is 1. The molecule has 2 rings (SSSR count). The Balaban J connectivity index is 2.17. The highest BCUT2D eigenvalue weighted by Crippen LogP contribution is 2.25. The second-order valence-electron chi connectivity index (χ2n) is 5.07. The first kappa shape index (κ1) is 14.6. The molecule has 0 aliphatic carbocycles. The first-order chi connectivity index (χ1) is 8.92. The minimum absolute atomic E-state index is 0.0581. The third-order valence-electron chi connectivity index (χ3n) is 3.32. The summed E-state index contributed by atoms with van der Waals surface area (Å²) in [6.07, 6.45) is 0.685. The maximum absolute atomic E-state index is 12.3. The van der Waals surface area contributed by atoms with Crippen molar-refractivity contribution in [3.05, 3.63) is 29.3 Å². The molecule has 1 unspecified atom stereocenters. The molecule has 4 nitrogen and oxygen atoms in total. The van der Waals surface area contributed by atoms with E-state index in [9.17, 15) is 13.5 Å². The lowest BCUT2D eigenvalue weighted by Gasteiger charge is -2.29. The number of benzene rings is 1. The molecule has 0 saturated heterocycles. The Labute approximate surface area is 119 Å². The van der Waals surface area contributed by atoms with Gasteiger partial charge in [0.15, 0.2) is 0 Å². The Morgan fingerprint density at radius 1 is 1.42 bits per heavy atom. The van der Waals surface area contributed by atoms with E-state index in [0.717, 1.165) is 11.1 Å². The van der Waals surface area contributed by atoms with Gasteiger partial charge in [0.1, 0.15) is 5.75 Å². The Morgan fingerprint density at radius 2 is 2.16 bits per heavy atom. The predicted molar refractivity (Wildman–Crippen MR) is 75.9 cm³/mol. The maximum atomic E-state index is 12.3. The largest absolute Gasteiger partial charge is 0.508 e. The standard InChI is InChI=1S/C13H18ClNO3S/c1-10(7-14)9-19(17,18)15-5-4-11-2-3-13(16)6-12(11)8-15/h2-3,6,10,16H,4-5,7-9H2,1H3. The van der Waals surface area contributed by atoms with E-state index in [1.165, 1.54) is 4.31 Å². The van der Waals surface area contributed by atoms with Crippen LogP contribution in [0.2, 0.25) is 0 Å².